The number of nitrogens with one attached hydrogen (secondary N) is 1. The van der Waals surface area contributed by atoms with Gasteiger partial charge in [0.25, 0.3) is 5.56 Å². The third-order valence-corrected chi connectivity index (χ3v) is 6.01. The van der Waals surface area contributed by atoms with E-state index in [1.165, 1.54) is 30.6 Å². The normalized spacial score (nSPS) is 13.6. The van der Waals surface area contributed by atoms with Crippen LogP contribution in [0.1, 0.15) is 31.7 Å². The quantitative estimate of drug-likeness (QED) is 0.446. The lowest BCUT2D eigenvalue weighted by atomic mass is 9.85. The van der Waals surface area contributed by atoms with Gasteiger partial charge < -0.3 is 9.30 Å². The van der Waals surface area contributed by atoms with Crippen LogP contribution in [0.15, 0.2) is 41.5 Å². The van der Waals surface area contributed by atoms with E-state index < -0.39 is 11.6 Å². The SMILES string of the molecule is CCSNc1ncc(Oc2ccc(F)cc2F)c(-c2cc(C)c(=O)n(CC3CCC3)c2)n1. The van der Waals surface area contributed by atoms with Crippen molar-refractivity contribution in [2.45, 2.75) is 39.7 Å². The minimum Gasteiger partial charge on any atom is -0.450 e. The molecule has 0 atom stereocenters. The molecule has 1 aliphatic carbocycles. The van der Waals surface area contributed by atoms with Gasteiger partial charge in [0.15, 0.2) is 17.3 Å². The number of anilines is 1. The highest BCUT2D eigenvalue weighted by Gasteiger charge is 2.21. The maximum atomic E-state index is 14.2. The Labute approximate surface area is 189 Å². The van der Waals surface area contributed by atoms with E-state index in [1.54, 1.807) is 23.8 Å². The Hall–Kier alpha value is -2.94. The maximum Gasteiger partial charge on any atom is 0.253 e. The molecule has 0 radical (unpaired) electrons. The van der Waals surface area contributed by atoms with Crippen LogP contribution in [0, 0.1) is 24.5 Å². The lowest BCUT2D eigenvalue weighted by molar-refractivity contribution is 0.273. The Kier molecular flexibility index (Phi) is 6.74. The fourth-order valence-electron chi connectivity index (χ4n) is 3.52. The fourth-order valence-corrected chi connectivity index (χ4v) is 3.89. The predicted octanol–water partition coefficient (Wildman–Crippen LogP) is 5.56. The molecule has 32 heavy (non-hydrogen) atoms. The zero-order valence-corrected chi connectivity index (χ0v) is 18.7. The molecule has 2 aromatic heterocycles. The van der Waals surface area contributed by atoms with Crippen LogP contribution in [0.5, 0.6) is 11.5 Å². The van der Waals surface area contributed by atoms with Crippen LogP contribution in [0.4, 0.5) is 14.7 Å². The molecule has 1 fully saturated rings. The number of aryl methyl sites for hydroxylation is 1. The molecule has 0 aliphatic heterocycles. The summed E-state index contributed by atoms with van der Waals surface area (Å²) in [6, 6.07) is 4.84. The molecule has 4 rings (SSSR count). The average molecular weight is 459 g/mol. The molecular formula is C23H24F2N4O2S. The smallest absolute Gasteiger partial charge is 0.253 e. The molecule has 0 amide bonds. The number of ether oxygens (including phenoxy) is 1. The minimum atomic E-state index is -0.828. The first-order chi connectivity index (χ1) is 15.4. The average Bonchev–Trinajstić information content (AvgIpc) is 2.74. The van der Waals surface area contributed by atoms with E-state index in [9.17, 15) is 13.6 Å². The predicted molar refractivity (Wildman–Crippen MR) is 122 cm³/mol. The summed E-state index contributed by atoms with van der Waals surface area (Å²) in [5.41, 5.74) is 1.61. The van der Waals surface area contributed by atoms with Gasteiger partial charge in [-0.3, -0.25) is 9.52 Å². The third-order valence-electron chi connectivity index (χ3n) is 5.40. The molecule has 2 heterocycles. The van der Waals surface area contributed by atoms with E-state index in [4.69, 9.17) is 4.74 Å². The molecule has 3 aromatic rings. The van der Waals surface area contributed by atoms with Crippen LogP contribution < -0.4 is 15.0 Å². The summed E-state index contributed by atoms with van der Waals surface area (Å²) < 4.78 is 38.0. The first kappa shape index (κ1) is 22.3. The van der Waals surface area contributed by atoms with Gasteiger partial charge in [0.1, 0.15) is 11.5 Å². The standard InChI is InChI=1S/C23H24F2N4O2S/c1-3-32-28-23-26-11-20(31-19-8-7-17(24)10-18(19)25)21(27-23)16-9-14(2)22(30)29(13-16)12-15-5-4-6-15/h7-11,13,15H,3-6,12H2,1-2H3,(H,26,27,28). The van der Waals surface area contributed by atoms with E-state index in [1.807, 2.05) is 6.92 Å². The summed E-state index contributed by atoms with van der Waals surface area (Å²) in [5.74, 6) is 0.216. The summed E-state index contributed by atoms with van der Waals surface area (Å²) in [7, 11) is 0. The Bertz CT molecular complexity index is 1180. The zero-order valence-electron chi connectivity index (χ0n) is 17.9. The molecule has 0 unspecified atom stereocenters. The minimum absolute atomic E-state index is 0.0401. The highest BCUT2D eigenvalue weighted by molar-refractivity contribution is 8.00. The van der Waals surface area contributed by atoms with Crippen molar-refractivity contribution in [3.05, 3.63) is 64.2 Å². The number of benzene rings is 1. The lowest BCUT2D eigenvalue weighted by Crippen LogP contribution is -2.28. The van der Waals surface area contributed by atoms with E-state index >= 15 is 0 Å². The Balaban J connectivity index is 1.77. The lowest BCUT2D eigenvalue weighted by Gasteiger charge is -2.26. The van der Waals surface area contributed by atoms with Crippen molar-refractivity contribution < 1.29 is 13.5 Å². The van der Waals surface area contributed by atoms with Crippen LogP contribution in [0.25, 0.3) is 11.3 Å². The summed E-state index contributed by atoms with van der Waals surface area (Å²) in [4.78, 5) is 21.5. The van der Waals surface area contributed by atoms with Gasteiger partial charge in [-0.2, -0.15) is 0 Å². The van der Waals surface area contributed by atoms with E-state index in [0.29, 0.717) is 35.2 Å². The van der Waals surface area contributed by atoms with Gasteiger partial charge in [-0.05, 0) is 43.9 Å². The third kappa shape index (κ3) is 4.93. The second kappa shape index (κ2) is 9.68. The number of halogens is 2. The zero-order chi connectivity index (χ0) is 22.7. The van der Waals surface area contributed by atoms with Crippen molar-refractivity contribution in [2.75, 3.05) is 10.5 Å². The largest absolute Gasteiger partial charge is 0.450 e. The second-order valence-electron chi connectivity index (χ2n) is 7.78. The number of hydrogen-bond acceptors (Lipinski definition) is 6. The first-order valence-electron chi connectivity index (χ1n) is 10.5. The molecule has 0 saturated heterocycles. The van der Waals surface area contributed by atoms with Crippen LogP contribution in [0.3, 0.4) is 0 Å². The van der Waals surface area contributed by atoms with Crippen molar-refractivity contribution in [3.63, 3.8) is 0 Å². The molecule has 0 bridgehead atoms. The number of rotatable bonds is 8. The van der Waals surface area contributed by atoms with E-state index in [2.05, 4.69) is 14.7 Å². The molecule has 1 aromatic carbocycles. The number of hydrogen-bond donors (Lipinski definition) is 1. The van der Waals surface area contributed by atoms with Crippen molar-refractivity contribution in [2.24, 2.45) is 5.92 Å². The van der Waals surface area contributed by atoms with Crippen molar-refractivity contribution >= 4 is 17.9 Å². The molecule has 9 heteroatoms. The molecule has 0 spiro atoms. The molecule has 1 saturated carbocycles. The van der Waals surface area contributed by atoms with Crippen LogP contribution >= 0.6 is 11.9 Å². The Morgan fingerprint density at radius 2 is 2.06 bits per heavy atom. The first-order valence-corrected chi connectivity index (χ1v) is 11.5. The van der Waals surface area contributed by atoms with Crippen molar-refractivity contribution in [3.8, 4) is 22.8 Å². The second-order valence-corrected chi connectivity index (χ2v) is 8.85. The fraction of sp³-hybridized carbons (Fsp3) is 0.348. The Morgan fingerprint density at radius 1 is 1.25 bits per heavy atom. The molecule has 1 N–H and O–H groups in total. The van der Waals surface area contributed by atoms with Crippen LogP contribution in [0.2, 0.25) is 0 Å². The number of nitrogens with zero attached hydrogens (tertiary/aromatic N) is 3. The summed E-state index contributed by atoms with van der Waals surface area (Å²) >= 11 is 1.43. The molecule has 168 valence electrons. The maximum absolute atomic E-state index is 14.2. The summed E-state index contributed by atoms with van der Waals surface area (Å²) in [6.07, 6.45) is 6.63. The van der Waals surface area contributed by atoms with Gasteiger partial charge in [-0.15, -0.1) is 0 Å². The summed E-state index contributed by atoms with van der Waals surface area (Å²) in [5, 5.41) is 0. The van der Waals surface area contributed by atoms with Crippen LogP contribution in [-0.2, 0) is 6.54 Å². The highest BCUT2D eigenvalue weighted by Crippen LogP contribution is 2.34. The number of aromatic nitrogens is 3. The van der Waals surface area contributed by atoms with Gasteiger partial charge in [0, 0.05) is 35.7 Å². The Morgan fingerprint density at radius 3 is 2.75 bits per heavy atom. The van der Waals surface area contributed by atoms with Crippen molar-refractivity contribution in [1.29, 1.82) is 0 Å². The molecular weight excluding hydrogens is 434 g/mol. The van der Waals surface area contributed by atoms with Gasteiger partial charge in [0.05, 0.1) is 6.20 Å². The van der Waals surface area contributed by atoms with E-state index in [-0.39, 0.29) is 17.1 Å². The van der Waals surface area contributed by atoms with Crippen molar-refractivity contribution in [1.82, 2.24) is 14.5 Å². The van der Waals surface area contributed by atoms with Crippen LogP contribution in [-0.4, -0.2) is 20.3 Å². The van der Waals surface area contributed by atoms with Gasteiger partial charge in [-0.1, -0.05) is 25.3 Å². The molecule has 6 nitrogen and oxygen atoms in total. The monoisotopic (exact) mass is 458 g/mol. The highest BCUT2D eigenvalue weighted by atomic mass is 32.2. The van der Waals surface area contributed by atoms with Gasteiger partial charge >= 0.3 is 0 Å². The number of pyridine rings is 1. The summed E-state index contributed by atoms with van der Waals surface area (Å²) in [6.45, 7) is 4.40. The topological polar surface area (TPSA) is 69.0 Å². The van der Waals surface area contributed by atoms with Gasteiger partial charge in [0.2, 0.25) is 5.95 Å². The molecule has 1 aliphatic rings. The van der Waals surface area contributed by atoms with E-state index in [0.717, 1.165) is 30.7 Å². The van der Waals surface area contributed by atoms with Gasteiger partial charge in [-0.25, -0.2) is 18.7 Å².